The minimum absolute atomic E-state index is 0.00999. The summed E-state index contributed by atoms with van der Waals surface area (Å²) < 4.78 is 5.04. The van der Waals surface area contributed by atoms with Crippen LogP contribution in [0.5, 0.6) is 0 Å². The van der Waals surface area contributed by atoms with Crippen LogP contribution >= 0.6 is 11.3 Å². The predicted molar refractivity (Wildman–Crippen MR) is 79.9 cm³/mol. The molecule has 6 heteroatoms. The van der Waals surface area contributed by atoms with Crippen LogP contribution in [-0.4, -0.2) is 28.1 Å². The van der Waals surface area contributed by atoms with Gasteiger partial charge in [-0.1, -0.05) is 12.8 Å². The number of aliphatic hydroxyl groups is 1. The molecule has 2 N–H and O–H groups in total. The lowest BCUT2D eigenvalue weighted by molar-refractivity contribution is -0.123. The van der Waals surface area contributed by atoms with Gasteiger partial charge in [-0.15, -0.1) is 11.3 Å². The van der Waals surface area contributed by atoms with E-state index in [4.69, 9.17) is 4.42 Å². The van der Waals surface area contributed by atoms with Crippen molar-refractivity contribution in [3.63, 3.8) is 0 Å². The molecule has 5 nitrogen and oxygen atoms in total. The maximum Gasteiger partial charge on any atom is 0.226 e. The minimum Gasteiger partial charge on any atom is -0.472 e. The molecule has 1 aliphatic rings. The fourth-order valence-electron chi connectivity index (χ4n) is 2.79. The third kappa shape index (κ3) is 3.16. The van der Waals surface area contributed by atoms with Gasteiger partial charge in [-0.05, 0) is 18.9 Å². The molecule has 1 aliphatic carbocycles. The van der Waals surface area contributed by atoms with Gasteiger partial charge in [0.1, 0.15) is 11.3 Å². The predicted octanol–water partition coefficient (Wildman–Crippen LogP) is 2.37. The minimum atomic E-state index is -0.416. The van der Waals surface area contributed by atoms with Crippen LogP contribution in [0.25, 0.3) is 10.6 Å². The molecule has 0 spiro atoms. The summed E-state index contributed by atoms with van der Waals surface area (Å²) in [4.78, 5) is 16.6. The summed E-state index contributed by atoms with van der Waals surface area (Å²) in [5.74, 6) is -0.0741. The van der Waals surface area contributed by atoms with Gasteiger partial charge in [-0.2, -0.15) is 0 Å². The Morgan fingerprint density at radius 2 is 2.29 bits per heavy atom. The molecule has 0 unspecified atom stereocenters. The molecule has 0 aliphatic heterocycles. The second kappa shape index (κ2) is 5.99. The molecule has 0 atom stereocenters. The highest BCUT2D eigenvalue weighted by Gasteiger charge is 2.34. The zero-order valence-electron chi connectivity index (χ0n) is 11.7. The van der Waals surface area contributed by atoms with E-state index >= 15 is 0 Å². The van der Waals surface area contributed by atoms with Crippen molar-refractivity contribution in [2.75, 3.05) is 6.61 Å². The van der Waals surface area contributed by atoms with Gasteiger partial charge in [0.05, 0.1) is 30.5 Å². The number of rotatable bonds is 5. The van der Waals surface area contributed by atoms with E-state index in [1.165, 1.54) is 11.3 Å². The molecule has 0 saturated heterocycles. The standard InChI is InChI=1S/C15H18N2O3S/c18-10-15(4-1-2-5-15)17-13(19)7-12-9-21-14(16-12)11-3-6-20-8-11/h3,6,8-9,18H,1-2,4-5,7,10H2,(H,17,19). The zero-order valence-corrected chi connectivity index (χ0v) is 12.5. The van der Waals surface area contributed by atoms with E-state index in [-0.39, 0.29) is 18.9 Å². The fraction of sp³-hybridized carbons (Fsp3) is 0.467. The van der Waals surface area contributed by atoms with Gasteiger partial charge >= 0.3 is 0 Å². The molecule has 2 aromatic heterocycles. The Labute approximate surface area is 127 Å². The number of amides is 1. The first-order chi connectivity index (χ1) is 10.2. The highest BCUT2D eigenvalue weighted by atomic mass is 32.1. The van der Waals surface area contributed by atoms with Gasteiger partial charge in [0.15, 0.2) is 0 Å². The summed E-state index contributed by atoms with van der Waals surface area (Å²) in [5.41, 5.74) is 1.26. The highest BCUT2D eigenvalue weighted by molar-refractivity contribution is 7.13. The van der Waals surface area contributed by atoms with Crippen molar-refractivity contribution in [1.29, 1.82) is 0 Å². The molecule has 2 aromatic rings. The van der Waals surface area contributed by atoms with E-state index in [2.05, 4.69) is 10.3 Å². The molecule has 112 valence electrons. The Bertz CT molecular complexity index is 600. The molecule has 0 aromatic carbocycles. The zero-order chi connectivity index (χ0) is 14.7. The number of nitrogens with one attached hydrogen (secondary N) is 1. The maximum absolute atomic E-state index is 12.2. The highest BCUT2D eigenvalue weighted by Crippen LogP contribution is 2.29. The lowest BCUT2D eigenvalue weighted by Crippen LogP contribution is -2.49. The molecular weight excluding hydrogens is 288 g/mol. The Morgan fingerprint density at radius 3 is 2.95 bits per heavy atom. The van der Waals surface area contributed by atoms with Gasteiger partial charge < -0.3 is 14.8 Å². The quantitative estimate of drug-likeness (QED) is 0.889. The van der Waals surface area contributed by atoms with Crippen LogP contribution in [0.1, 0.15) is 31.4 Å². The third-order valence-corrected chi connectivity index (χ3v) is 4.87. The molecule has 0 bridgehead atoms. The number of carbonyl (C=O) groups excluding carboxylic acids is 1. The van der Waals surface area contributed by atoms with Gasteiger partial charge in [0, 0.05) is 10.9 Å². The summed E-state index contributed by atoms with van der Waals surface area (Å²) in [5, 5.41) is 15.3. The number of aromatic nitrogens is 1. The number of aliphatic hydroxyl groups excluding tert-OH is 1. The van der Waals surface area contributed by atoms with Crippen LogP contribution in [0.3, 0.4) is 0 Å². The monoisotopic (exact) mass is 306 g/mol. The Kier molecular flexibility index (Phi) is 4.07. The topological polar surface area (TPSA) is 75.4 Å². The molecular formula is C15H18N2O3S. The van der Waals surface area contributed by atoms with Crippen LogP contribution in [0.4, 0.5) is 0 Å². The van der Waals surface area contributed by atoms with Crippen molar-refractivity contribution in [1.82, 2.24) is 10.3 Å². The van der Waals surface area contributed by atoms with Crippen LogP contribution in [0, 0.1) is 0 Å². The number of thiazole rings is 1. The van der Waals surface area contributed by atoms with Crippen molar-refractivity contribution in [2.45, 2.75) is 37.6 Å². The fourth-order valence-corrected chi connectivity index (χ4v) is 3.59. The van der Waals surface area contributed by atoms with E-state index in [9.17, 15) is 9.90 Å². The van der Waals surface area contributed by atoms with Gasteiger partial charge in [0.2, 0.25) is 5.91 Å². The second-order valence-electron chi connectivity index (χ2n) is 5.53. The van der Waals surface area contributed by atoms with E-state index in [0.717, 1.165) is 41.9 Å². The SMILES string of the molecule is O=C(Cc1csc(-c2ccoc2)n1)NC1(CO)CCCC1. The number of hydrogen-bond acceptors (Lipinski definition) is 5. The molecule has 2 heterocycles. The lowest BCUT2D eigenvalue weighted by atomic mass is 9.98. The Balaban J connectivity index is 1.62. The van der Waals surface area contributed by atoms with Crippen molar-refractivity contribution in [3.05, 3.63) is 29.7 Å². The van der Waals surface area contributed by atoms with Crippen molar-refractivity contribution in [2.24, 2.45) is 0 Å². The molecule has 3 rings (SSSR count). The molecule has 1 saturated carbocycles. The maximum atomic E-state index is 12.2. The second-order valence-corrected chi connectivity index (χ2v) is 6.38. The summed E-state index contributed by atoms with van der Waals surface area (Å²) in [6.07, 6.45) is 7.32. The van der Waals surface area contributed by atoms with Gasteiger partial charge in [0.25, 0.3) is 0 Å². The smallest absolute Gasteiger partial charge is 0.226 e. The van der Waals surface area contributed by atoms with Crippen molar-refractivity contribution >= 4 is 17.2 Å². The normalized spacial score (nSPS) is 17.0. The number of furan rings is 1. The first-order valence-electron chi connectivity index (χ1n) is 7.10. The van der Waals surface area contributed by atoms with Crippen molar-refractivity contribution < 1.29 is 14.3 Å². The largest absolute Gasteiger partial charge is 0.472 e. The first-order valence-corrected chi connectivity index (χ1v) is 7.98. The number of hydrogen-bond donors (Lipinski definition) is 2. The third-order valence-electron chi connectivity index (χ3n) is 3.93. The van der Waals surface area contributed by atoms with Crippen LogP contribution < -0.4 is 5.32 Å². The van der Waals surface area contributed by atoms with Crippen LogP contribution in [-0.2, 0) is 11.2 Å². The summed E-state index contributed by atoms with van der Waals surface area (Å²) >= 11 is 1.50. The number of nitrogens with zero attached hydrogens (tertiary/aromatic N) is 1. The van der Waals surface area contributed by atoms with Crippen molar-refractivity contribution in [3.8, 4) is 10.6 Å². The Hall–Kier alpha value is -1.66. The number of carbonyl (C=O) groups is 1. The summed E-state index contributed by atoms with van der Waals surface area (Å²) in [6, 6.07) is 1.85. The lowest BCUT2D eigenvalue weighted by Gasteiger charge is -2.27. The van der Waals surface area contributed by atoms with E-state index in [1.54, 1.807) is 12.5 Å². The van der Waals surface area contributed by atoms with Gasteiger partial charge in [-0.25, -0.2) is 4.98 Å². The van der Waals surface area contributed by atoms with Crippen LogP contribution in [0.2, 0.25) is 0 Å². The summed E-state index contributed by atoms with van der Waals surface area (Å²) in [6.45, 7) is 0.00999. The average Bonchev–Trinajstić information content (AvgIpc) is 3.19. The molecule has 1 amide bonds. The summed E-state index contributed by atoms with van der Waals surface area (Å²) in [7, 11) is 0. The van der Waals surface area contributed by atoms with Crippen LogP contribution in [0.15, 0.2) is 28.4 Å². The molecule has 0 radical (unpaired) electrons. The van der Waals surface area contributed by atoms with E-state index in [0.29, 0.717) is 0 Å². The first kappa shape index (κ1) is 14.3. The van der Waals surface area contributed by atoms with E-state index in [1.807, 2.05) is 11.4 Å². The van der Waals surface area contributed by atoms with Gasteiger partial charge in [-0.3, -0.25) is 4.79 Å². The molecule has 21 heavy (non-hydrogen) atoms. The molecule has 1 fully saturated rings. The van der Waals surface area contributed by atoms with E-state index < -0.39 is 5.54 Å². The average molecular weight is 306 g/mol. The Morgan fingerprint density at radius 1 is 1.48 bits per heavy atom.